The molecule has 0 heterocycles. The van der Waals surface area contributed by atoms with Gasteiger partial charge in [0, 0.05) is 18.3 Å². The third-order valence-electron chi connectivity index (χ3n) is 4.62. The minimum Gasteiger partial charge on any atom is -0.393 e. The summed E-state index contributed by atoms with van der Waals surface area (Å²) in [6, 6.07) is 0. The molecule has 0 aromatic heterocycles. The average molecular weight is 261 g/mol. The number of ketones is 1. The largest absolute Gasteiger partial charge is 0.393 e. The molecule has 88 valence electrons. The third-order valence-corrected chi connectivity index (χ3v) is 5.06. The van der Waals surface area contributed by atoms with Gasteiger partial charge in [-0.2, -0.15) is 0 Å². The highest BCUT2D eigenvalue weighted by atomic mass is 35.5. The molecule has 0 radical (unpaired) electrons. The molecule has 2 unspecified atom stereocenters. The number of halogens is 2. The van der Waals surface area contributed by atoms with Crippen molar-refractivity contribution >= 4 is 29.0 Å². The molecule has 3 aliphatic carbocycles. The second-order valence-electron chi connectivity index (χ2n) is 5.18. The summed E-state index contributed by atoms with van der Waals surface area (Å²) in [6.45, 7) is 0. The molecule has 5 atom stereocenters. The van der Waals surface area contributed by atoms with E-state index in [1.165, 1.54) is 0 Å². The predicted molar refractivity (Wildman–Crippen MR) is 62.2 cm³/mol. The molecule has 2 bridgehead atoms. The van der Waals surface area contributed by atoms with Gasteiger partial charge in [-0.15, -0.1) is 0 Å². The maximum Gasteiger partial charge on any atom is 0.137 e. The zero-order chi connectivity index (χ0) is 11.4. The molecule has 2 nitrogen and oxygen atoms in total. The highest BCUT2D eigenvalue weighted by molar-refractivity contribution is 6.56. The fraction of sp³-hybridized carbons (Fsp3) is 0.750. The van der Waals surface area contributed by atoms with Crippen molar-refractivity contribution in [3.05, 3.63) is 10.1 Å². The first-order chi connectivity index (χ1) is 7.61. The Morgan fingerprint density at radius 3 is 2.50 bits per heavy atom. The van der Waals surface area contributed by atoms with Gasteiger partial charge < -0.3 is 5.11 Å². The monoisotopic (exact) mass is 260 g/mol. The van der Waals surface area contributed by atoms with Crippen molar-refractivity contribution in [1.29, 1.82) is 0 Å². The van der Waals surface area contributed by atoms with Crippen LogP contribution in [0.2, 0.25) is 0 Å². The zero-order valence-corrected chi connectivity index (χ0v) is 10.3. The summed E-state index contributed by atoms with van der Waals surface area (Å²) in [5.41, 5.74) is 1.05. The number of Topliss-reactive ketones (excluding diaryl/α,β-unsaturated/α-hetero) is 1. The summed E-state index contributed by atoms with van der Waals surface area (Å²) in [5, 5.41) is 10.1. The number of carbonyl (C=O) groups excluding carboxylic acids is 1. The highest BCUT2D eigenvalue weighted by Gasteiger charge is 2.58. The number of aliphatic hydroxyl groups excluding tert-OH is 1. The van der Waals surface area contributed by atoms with Gasteiger partial charge in [0.2, 0.25) is 0 Å². The lowest BCUT2D eigenvalue weighted by Gasteiger charge is -2.36. The first kappa shape index (κ1) is 11.1. The molecule has 16 heavy (non-hydrogen) atoms. The molecule has 3 rings (SSSR count). The number of aliphatic hydroxyl groups is 1. The van der Waals surface area contributed by atoms with Gasteiger partial charge in [-0.3, -0.25) is 4.79 Å². The predicted octanol–water partition coefficient (Wildman–Crippen LogP) is 2.67. The summed E-state index contributed by atoms with van der Waals surface area (Å²) < 4.78 is 0.335. The SMILES string of the molecule is O=C1CC[C@H](O)[C@H]2C3CCC(C3=C(Cl)Cl)[C@H]12. The Balaban J connectivity index is 2.04. The van der Waals surface area contributed by atoms with E-state index in [1.807, 2.05) is 0 Å². The van der Waals surface area contributed by atoms with Crippen LogP contribution in [0.3, 0.4) is 0 Å². The van der Waals surface area contributed by atoms with Gasteiger partial charge in [0.1, 0.15) is 10.3 Å². The van der Waals surface area contributed by atoms with Gasteiger partial charge in [0.05, 0.1) is 6.10 Å². The lowest BCUT2D eigenvalue weighted by atomic mass is 9.69. The molecule has 4 heteroatoms. The second kappa shape index (κ2) is 3.72. The van der Waals surface area contributed by atoms with Crippen LogP contribution in [-0.4, -0.2) is 17.0 Å². The first-order valence-corrected chi connectivity index (χ1v) is 6.62. The Labute approximate surface area is 105 Å². The Kier molecular flexibility index (Phi) is 2.58. The number of hydrogen-bond acceptors (Lipinski definition) is 2. The van der Waals surface area contributed by atoms with E-state index in [0.29, 0.717) is 23.1 Å². The molecule has 0 spiro atoms. The second-order valence-corrected chi connectivity index (χ2v) is 6.13. The maximum atomic E-state index is 12.0. The van der Waals surface area contributed by atoms with Crippen molar-refractivity contribution in [2.24, 2.45) is 23.7 Å². The Morgan fingerprint density at radius 1 is 1.19 bits per heavy atom. The van der Waals surface area contributed by atoms with Gasteiger partial charge in [-0.25, -0.2) is 0 Å². The topological polar surface area (TPSA) is 37.3 Å². The van der Waals surface area contributed by atoms with E-state index in [4.69, 9.17) is 23.2 Å². The van der Waals surface area contributed by atoms with Crippen LogP contribution in [0.15, 0.2) is 10.1 Å². The van der Waals surface area contributed by atoms with Crippen LogP contribution in [0, 0.1) is 23.7 Å². The van der Waals surface area contributed by atoms with Gasteiger partial charge in [-0.05, 0) is 36.7 Å². The standard InChI is InChI=1S/C12H14Cl2O2/c13-12(14)9-5-1-2-6(9)11-8(16)4-3-7(15)10(5)11/h5-7,10-11,15H,1-4H2/t5?,6?,7-,10+,11+/m0/s1. The summed E-state index contributed by atoms with van der Waals surface area (Å²) >= 11 is 11.9. The van der Waals surface area contributed by atoms with Crippen LogP contribution < -0.4 is 0 Å². The van der Waals surface area contributed by atoms with Crippen molar-refractivity contribution in [1.82, 2.24) is 0 Å². The van der Waals surface area contributed by atoms with Crippen LogP contribution in [0.25, 0.3) is 0 Å². The minimum atomic E-state index is -0.347. The van der Waals surface area contributed by atoms with Crippen LogP contribution in [0.5, 0.6) is 0 Å². The molecule has 3 saturated carbocycles. The molecule has 3 aliphatic rings. The fourth-order valence-electron chi connectivity index (χ4n) is 4.11. The smallest absolute Gasteiger partial charge is 0.137 e. The number of fused-ring (bicyclic) bond motifs is 5. The van der Waals surface area contributed by atoms with Crippen molar-refractivity contribution in [3.8, 4) is 0 Å². The molecule has 0 aromatic carbocycles. The van der Waals surface area contributed by atoms with Gasteiger partial charge in [0.25, 0.3) is 0 Å². The number of hydrogen-bond donors (Lipinski definition) is 1. The molecule has 0 aromatic rings. The lowest BCUT2D eigenvalue weighted by Crippen LogP contribution is -2.41. The van der Waals surface area contributed by atoms with E-state index >= 15 is 0 Å². The summed E-state index contributed by atoms with van der Waals surface area (Å²) in [7, 11) is 0. The van der Waals surface area contributed by atoms with E-state index in [9.17, 15) is 9.90 Å². The quantitative estimate of drug-likeness (QED) is 0.727. The van der Waals surface area contributed by atoms with Crippen LogP contribution in [0.4, 0.5) is 0 Å². The van der Waals surface area contributed by atoms with Crippen LogP contribution >= 0.6 is 23.2 Å². The normalized spacial score (nSPS) is 46.1. The van der Waals surface area contributed by atoms with Gasteiger partial charge in [-0.1, -0.05) is 23.2 Å². The third kappa shape index (κ3) is 1.33. The number of rotatable bonds is 0. The average Bonchev–Trinajstić information content (AvgIpc) is 2.79. The molecule has 3 fully saturated rings. The van der Waals surface area contributed by atoms with E-state index in [-0.39, 0.29) is 29.8 Å². The number of allylic oxidation sites excluding steroid dienone is 1. The minimum absolute atomic E-state index is 0.00926. The van der Waals surface area contributed by atoms with Crippen molar-refractivity contribution < 1.29 is 9.90 Å². The molecule has 0 aliphatic heterocycles. The number of carbonyl (C=O) groups is 1. The van der Waals surface area contributed by atoms with E-state index in [2.05, 4.69) is 0 Å². The van der Waals surface area contributed by atoms with Crippen molar-refractivity contribution in [3.63, 3.8) is 0 Å². The van der Waals surface area contributed by atoms with Gasteiger partial charge >= 0.3 is 0 Å². The zero-order valence-electron chi connectivity index (χ0n) is 8.83. The Hall–Kier alpha value is -0.0500. The molecule has 1 N–H and O–H groups in total. The van der Waals surface area contributed by atoms with Gasteiger partial charge in [0.15, 0.2) is 0 Å². The van der Waals surface area contributed by atoms with E-state index < -0.39 is 0 Å². The van der Waals surface area contributed by atoms with Crippen LogP contribution in [0.1, 0.15) is 25.7 Å². The summed E-state index contributed by atoms with van der Waals surface area (Å²) in [6.07, 6.45) is 2.80. The summed E-state index contributed by atoms with van der Waals surface area (Å²) in [4.78, 5) is 12.0. The highest BCUT2D eigenvalue weighted by Crippen LogP contribution is 2.60. The van der Waals surface area contributed by atoms with E-state index in [0.717, 1.165) is 18.4 Å². The molecular formula is C12H14Cl2O2. The molecule has 0 amide bonds. The Morgan fingerprint density at radius 2 is 1.88 bits per heavy atom. The fourth-order valence-corrected chi connectivity index (χ4v) is 4.67. The van der Waals surface area contributed by atoms with Crippen LogP contribution in [-0.2, 0) is 4.79 Å². The lowest BCUT2D eigenvalue weighted by molar-refractivity contribution is -0.133. The first-order valence-electron chi connectivity index (χ1n) is 5.87. The Bertz CT molecular complexity index is 373. The summed E-state index contributed by atoms with van der Waals surface area (Å²) in [5.74, 6) is 0.837. The maximum absolute atomic E-state index is 12.0. The molecular weight excluding hydrogens is 247 g/mol. The molecule has 0 saturated heterocycles. The van der Waals surface area contributed by atoms with Crippen molar-refractivity contribution in [2.45, 2.75) is 31.8 Å². The van der Waals surface area contributed by atoms with Crippen molar-refractivity contribution in [2.75, 3.05) is 0 Å². The van der Waals surface area contributed by atoms with E-state index in [1.54, 1.807) is 0 Å².